The molecule has 2 saturated heterocycles. The van der Waals surface area contributed by atoms with Crippen LogP contribution in [-0.2, 0) is 4.74 Å². The Bertz CT molecular complexity index is 492. The van der Waals surface area contributed by atoms with Gasteiger partial charge in [-0.3, -0.25) is 0 Å². The molecule has 0 atom stereocenters. The quantitative estimate of drug-likeness (QED) is 0.875. The highest BCUT2D eigenvalue weighted by Crippen LogP contribution is 2.34. The number of hydrogen-bond acceptors (Lipinski definition) is 4. The van der Waals surface area contributed by atoms with Crippen molar-refractivity contribution >= 4 is 11.4 Å². The molecule has 2 N–H and O–H groups in total. The van der Waals surface area contributed by atoms with Gasteiger partial charge in [0.1, 0.15) is 5.69 Å². The number of halogens is 2. The lowest BCUT2D eigenvalue weighted by molar-refractivity contribution is -0.0651. The number of anilines is 2. The van der Waals surface area contributed by atoms with Gasteiger partial charge in [0.25, 0.3) is 0 Å². The number of aliphatic hydroxyl groups excluding tert-OH is 1. The molecule has 3 rings (SSSR count). The summed E-state index contributed by atoms with van der Waals surface area (Å²) in [6, 6.07) is 2.58. The van der Waals surface area contributed by atoms with Gasteiger partial charge in [-0.1, -0.05) is 0 Å². The average molecular weight is 312 g/mol. The van der Waals surface area contributed by atoms with Crippen molar-refractivity contribution in [3.63, 3.8) is 0 Å². The first-order valence-corrected chi connectivity index (χ1v) is 7.85. The summed E-state index contributed by atoms with van der Waals surface area (Å²) in [5, 5.41) is 11.5. The van der Waals surface area contributed by atoms with Crippen LogP contribution >= 0.6 is 0 Å². The molecule has 0 spiro atoms. The maximum absolute atomic E-state index is 14.3. The maximum Gasteiger partial charge on any atom is 0.151 e. The normalized spacial score (nSPS) is 20.0. The zero-order chi connectivity index (χ0) is 15.5. The Kier molecular flexibility index (Phi) is 4.78. The second-order valence-electron chi connectivity index (χ2n) is 6.06. The number of rotatable bonds is 5. The van der Waals surface area contributed by atoms with E-state index in [1.165, 1.54) is 12.1 Å². The van der Waals surface area contributed by atoms with Gasteiger partial charge in [0, 0.05) is 31.2 Å². The van der Waals surface area contributed by atoms with Crippen molar-refractivity contribution < 1.29 is 18.6 Å². The Balaban J connectivity index is 1.66. The number of nitrogens with zero attached hydrogens (tertiary/aromatic N) is 1. The van der Waals surface area contributed by atoms with E-state index < -0.39 is 11.6 Å². The smallest absolute Gasteiger partial charge is 0.151 e. The minimum Gasteiger partial charge on any atom is -0.395 e. The van der Waals surface area contributed by atoms with Crippen molar-refractivity contribution in [2.75, 3.05) is 49.7 Å². The largest absolute Gasteiger partial charge is 0.395 e. The van der Waals surface area contributed by atoms with Gasteiger partial charge in [0.15, 0.2) is 11.6 Å². The van der Waals surface area contributed by atoms with Crippen LogP contribution in [0, 0.1) is 23.5 Å². The van der Waals surface area contributed by atoms with Crippen LogP contribution in [0.3, 0.4) is 0 Å². The molecule has 0 aromatic heterocycles. The molecular formula is C16H22F2N2O2. The number of nitrogens with one attached hydrogen (secondary N) is 1. The second kappa shape index (κ2) is 6.79. The molecule has 2 aliphatic heterocycles. The highest BCUT2D eigenvalue weighted by Gasteiger charge is 2.32. The molecule has 2 aliphatic rings. The number of benzene rings is 1. The summed E-state index contributed by atoms with van der Waals surface area (Å²) < 4.78 is 33.7. The minimum atomic E-state index is -0.550. The molecule has 0 bridgehead atoms. The Morgan fingerprint density at radius 2 is 1.77 bits per heavy atom. The minimum absolute atomic E-state index is 0.0675. The molecule has 1 aromatic carbocycles. The van der Waals surface area contributed by atoms with Crippen molar-refractivity contribution in [3.05, 3.63) is 23.8 Å². The molecule has 0 radical (unpaired) electrons. The van der Waals surface area contributed by atoms with E-state index in [9.17, 15) is 8.78 Å². The summed E-state index contributed by atoms with van der Waals surface area (Å²) in [6.45, 7) is 3.21. The Labute approximate surface area is 129 Å². The van der Waals surface area contributed by atoms with Gasteiger partial charge in [-0.05, 0) is 30.9 Å². The van der Waals surface area contributed by atoms with Gasteiger partial charge in [0.05, 0.1) is 19.8 Å². The zero-order valence-corrected chi connectivity index (χ0v) is 12.5. The Hall–Kier alpha value is -1.40. The first-order chi connectivity index (χ1) is 10.7. The van der Waals surface area contributed by atoms with Gasteiger partial charge in [0.2, 0.25) is 0 Å². The molecule has 22 heavy (non-hydrogen) atoms. The van der Waals surface area contributed by atoms with E-state index in [2.05, 4.69) is 5.32 Å². The van der Waals surface area contributed by atoms with Crippen LogP contribution in [0.4, 0.5) is 20.2 Å². The third-order valence-corrected chi connectivity index (χ3v) is 4.64. The first-order valence-electron chi connectivity index (χ1n) is 7.85. The van der Waals surface area contributed by atoms with Crippen molar-refractivity contribution in [1.29, 1.82) is 0 Å². The molecule has 0 amide bonds. The van der Waals surface area contributed by atoms with Gasteiger partial charge in [-0.15, -0.1) is 0 Å². The van der Waals surface area contributed by atoms with Crippen molar-refractivity contribution in [3.8, 4) is 0 Å². The predicted molar refractivity (Wildman–Crippen MR) is 81.2 cm³/mol. The number of ether oxygens (including phenoxy) is 1. The van der Waals surface area contributed by atoms with E-state index in [0.29, 0.717) is 30.6 Å². The fourth-order valence-electron chi connectivity index (χ4n) is 3.29. The molecule has 0 unspecified atom stereocenters. The zero-order valence-electron chi connectivity index (χ0n) is 12.5. The highest BCUT2D eigenvalue weighted by molar-refractivity contribution is 5.57. The second-order valence-corrected chi connectivity index (χ2v) is 6.06. The van der Waals surface area contributed by atoms with E-state index in [-0.39, 0.29) is 18.8 Å². The Morgan fingerprint density at radius 1 is 1.14 bits per heavy atom. The standard InChI is InChI=1S/C16H22F2N2O2/c17-14-7-13(19-3-6-21)8-15(18)16(14)20-4-1-11(2-5-20)12-9-22-10-12/h7-8,11-12,19,21H,1-6,9-10H2. The van der Waals surface area contributed by atoms with Crippen LogP contribution in [0.2, 0.25) is 0 Å². The molecular weight excluding hydrogens is 290 g/mol. The van der Waals surface area contributed by atoms with Gasteiger partial charge in [-0.2, -0.15) is 0 Å². The van der Waals surface area contributed by atoms with Crippen molar-refractivity contribution in [1.82, 2.24) is 0 Å². The first kappa shape index (κ1) is 15.5. The van der Waals surface area contributed by atoms with E-state index in [4.69, 9.17) is 9.84 Å². The van der Waals surface area contributed by atoms with Crippen molar-refractivity contribution in [2.45, 2.75) is 12.8 Å². The summed E-state index contributed by atoms with van der Waals surface area (Å²) in [7, 11) is 0. The van der Waals surface area contributed by atoms with Crippen LogP contribution in [0.25, 0.3) is 0 Å². The molecule has 2 heterocycles. The van der Waals surface area contributed by atoms with Crippen LogP contribution in [0.1, 0.15) is 12.8 Å². The molecule has 4 nitrogen and oxygen atoms in total. The van der Waals surface area contributed by atoms with E-state index >= 15 is 0 Å². The van der Waals surface area contributed by atoms with E-state index in [1.807, 2.05) is 0 Å². The molecule has 0 aliphatic carbocycles. The predicted octanol–water partition coefficient (Wildman–Crippen LogP) is 2.23. The maximum atomic E-state index is 14.3. The number of hydrogen-bond donors (Lipinski definition) is 2. The van der Waals surface area contributed by atoms with Gasteiger partial charge in [-0.25, -0.2) is 8.78 Å². The van der Waals surface area contributed by atoms with Gasteiger partial charge >= 0.3 is 0 Å². The summed E-state index contributed by atoms with van der Waals surface area (Å²) in [6.07, 6.45) is 1.91. The average Bonchev–Trinajstić information content (AvgIpc) is 2.44. The fraction of sp³-hybridized carbons (Fsp3) is 0.625. The van der Waals surface area contributed by atoms with E-state index in [0.717, 1.165) is 26.1 Å². The van der Waals surface area contributed by atoms with Crippen LogP contribution < -0.4 is 10.2 Å². The summed E-state index contributed by atoms with van der Waals surface area (Å²) in [5.74, 6) is 0.139. The monoisotopic (exact) mass is 312 g/mol. The highest BCUT2D eigenvalue weighted by atomic mass is 19.1. The third kappa shape index (κ3) is 3.17. The fourth-order valence-corrected chi connectivity index (χ4v) is 3.29. The lowest BCUT2D eigenvalue weighted by Gasteiger charge is -2.40. The number of aliphatic hydroxyl groups is 1. The lowest BCUT2D eigenvalue weighted by Crippen LogP contribution is -2.42. The topological polar surface area (TPSA) is 44.7 Å². The molecule has 6 heteroatoms. The van der Waals surface area contributed by atoms with Crippen LogP contribution in [0.15, 0.2) is 12.1 Å². The molecule has 0 saturated carbocycles. The summed E-state index contributed by atoms with van der Waals surface area (Å²) >= 11 is 0. The van der Waals surface area contributed by atoms with Crippen LogP contribution in [0.5, 0.6) is 0 Å². The molecule has 2 fully saturated rings. The number of piperidine rings is 1. The van der Waals surface area contributed by atoms with E-state index in [1.54, 1.807) is 4.90 Å². The molecule has 1 aromatic rings. The SMILES string of the molecule is OCCNc1cc(F)c(N2CCC(C3COC3)CC2)c(F)c1. The lowest BCUT2D eigenvalue weighted by atomic mass is 9.83. The Morgan fingerprint density at radius 3 is 2.27 bits per heavy atom. The summed E-state index contributed by atoms with van der Waals surface area (Å²) in [4.78, 5) is 1.80. The summed E-state index contributed by atoms with van der Waals surface area (Å²) in [5.41, 5.74) is 0.423. The molecule has 122 valence electrons. The van der Waals surface area contributed by atoms with Gasteiger partial charge < -0.3 is 20.1 Å². The third-order valence-electron chi connectivity index (χ3n) is 4.64. The van der Waals surface area contributed by atoms with Crippen LogP contribution in [-0.4, -0.2) is 44.6 Å². The van der Waals surface area contributed by atoms with Crippen molar-refractivity contribution in [2.24, 2.45) is 11.8 Å².